The highest BCUT2D eigenvalue weighted by molar-refractivity contribution is 9.10. The molecule has 3 aromatic rings. The van der Waals surface area contributed by atoms with Gasteiger partial charge in [0.05, 0.1) is 32.0 Å². The second kappa shape index (κ2) is 14.5. The van der Waals surface area contributed by atoms with E-state index >= 15 is 0 Å². The van der Waals surface area contributed by atoms with Crippen LogP contribution in [0.5, 0.6) is 17.2 Å². The lowest BCUT2D eigenvalue weighted by atomic mass is 10.2. The van der Waals surface area contributed by atoms with Crippen molar-refractivity contribution >= 4 is 39.9 Å². The fraction of sp³-hybridized carbons (Fsp3) is 0.214. The Kier molecular flexibility index (Phi) is 10.9. The van der Waals surface area contributed by atoms with E-state index in [4.69, 9.17) is 14.2 Å². The summed E-state index contributed by atoms with van der Waals surface area (Å²) < 4.78 is 17.2. The number of rotatable bonds is 12. The highest BCUT2D eigenvalue weighted by Crippen LogP contribution is 2.28. The van der Waals surface area contributed by atoms with Crippen LogP contribution < -0.4 is 25.0 Å². The van der Waals surface area contributed by atoms with E-state index in [9.17, 15) is 14.4 Å². The predicted octanol–water partition coefficient (Wildman–Crippen LogP) is 4.74. The molecule has 0 aromatic heterocycles. The third-order valence-electron chi connectivity index (χ3n) is 5.15. The van der Waals surface area contributed by atoms with Gasteiger partial charge in [-0.05, 0) is 72.6 Å². The molecule has 0 radical (unpaired) electrons. The Balaban J connectivity index is 1.51. The number of nitrogens with one attached hydrogen (secondary N) is 2. The number of unbranched alkanes of at least 4 members (excludes halogenated alkanes) is 1. The third kappa shape index (κ3) is 8.74. The first-order valence-corrected chi connectivity index (χ1v) is 12.7. The van der Waals surface area contributed by atoms with Gasteiger partial charge in [0.2, 0.25) is 0 Å². The number of methoxy groups -OCH3 is 1. The molecule has 3 rings (SSSR count). The van der Waals surface area contributed by atoms with Gasteiger partial charge in [-0.25, -0.2) is 10.2 Å². The lowest BCUT2D eigenvalue weighted by Crippen LogP contribution is -2.34. The Morgan fingerprint density at radius 2 is 1.76 bits per heavy atom. The van der Waals surface area contributed by atoms with Gasteiger partial charge in [0.25, 0.3) is 11.8 Å². The Morgan fingerprint density at radius 3 is 2.47 bits per heavy atom. The minimum atomic E-state index is -0.540. The van der Waals surface area contributed by atoms with E-state index < -0.39 is 11.9 Å². The molecule has 0 saturated carbocycles. The lowest BCUT2D eigenvalue weighted by molar-refractivity contribution is -0.120. The van der Waals surface area contributed by atoms with Gasteiger partial charge in [0.1, 0.15) is 5.75 Å². The quantitative estimate of drug-likeness (QED) is 0.105. The van der Waals surface area contributed by atoms with E-state index in [0.29, 0.717) is 34.8 Å². The first kappa shape index (κ1) is 28.4. The average molecular weight is 582 g/mol. The van der Waals surface area contributed by atoms with Crippen molar-refractivity contribution in [3.63, 3.8) is 0 Å². The number of benzene rings is 3. The maximum Gasteiger partial charge on any atom is 0.343 e. The Morgan fingerprint density at radius 1 is 0.974 bits per heavy atom. The fourth-order valence-corrected chi connectivity index (χ4v) is 3.54. The molecule has 0 unspecified atom stereocenters. The largest absolute Gasteiger partial charge is 0.494 e. The van der Waals surface area contributed by atoms with Crippen molar-refractivity contribution in [2.45, 2.75) is 19.8 Å². The summed E-state index contributed by atoms with van der Waals surface area (Å²) >= 11 is 3.30. The van der Waals surface area contributed by atoms with Crippen molar-refractivity contribution in [3.05, 3.63) is 87.9 Å². The number of hydrogen-bond acceptors (Lipinski definition) is 7. The van der Waals surface area contributed by atoms with Crippen molar-refractivity contribution in [3.8, 4) is 17.2 Å². The van der Waals surface area contributed by atoms with E-state index in [1.54, 1.807) is 66.7 Å². The topological polar surface area (TPSA) is 115 Å². The zero-order valence-electron chi connectivity index (χ0n) is 21.0. The molecule has 3 aromatic carbocycles. The van der Waals surface area contributed by atoms with Gasteiger partial charge in [0, 0.05) is 10.0 Å². The molecule has 0 saturated heterocycles. The lowest BCUT2D eigenvalue weighted by Gasteiger charge is -2.10. The maximum absolute atomic E-state index is 12.6. The molecular weight excluding hydrogens is 554 g/mol. The van der Waals surface area contributed by atoms with Gasteiger partial charge in [-0.15, -0.1) is 0 Å². The standard InChI is InChI=1S/C28H28BrN3O6/c1-3-4-14-37-23-11-9-20(10-12-23)28(35)38-24-13-8-19(15-25(24)36-2)17-31-32-26(33)18-30-27(34)21-6-5-7-22(29)16-21/h5-13,15-17H,3-4,14,18H2,1-2H3,(H,30,34)(H,32,33)/b31-17+. The summed E-state index contributed by atoms with van der Waals surface area (Å²) in [5.41, 5.74) is 3.74. The summed E-state index contributed by atoms with van der Waals surface area (Å²) in [5, 5.41) is 6.42. The van der Waals surface area contributed by atoms with E-state index in [1.807, 2.05) is 0 Å². The predicted molar refractivity (Wildman–Crippen MR) is 147 cm³/mol. The van der Waals surface area contributed by atoms with Crippen LogP contribution >= 0.6 is 15.9 Å². The summed E-state index contributed by atoms with van der Waals surface area (Å²) in [6, 6.07) is 18.4. The van der Waals surface area contributed by atoms with Gasteiger partial charge < -0.3 is 19.5 Å². The van der Waals surface area contributed by atoms with Crippen LogP contribution in [0.2, 0.25) is 0 Å². The normalized spacial score (nSPS) is 10.6. The van der Waals surface area contributed by atoms with Crippen LogP contribution in [0.3, 0.4) is 0 Å². The molecule has 0 aliphatic rings. The Bertz CT molecular complexity index is 1290. The van der Waals surface area contributed by atoms with Crippen LogP contribution in [0.4, 0.5) is 0 Å². The van der Waals surface area contributed by atoms with E-state index in [1.165, 1.54) is 13.3 Å². The molecule has 2 N–H and O–H groups in total. The minimum Gasteiger partial charge on any atom is -0.494 e. The molecule has 0 aliphatic carbocycles. The fourth-order valence-electron chi connectivity index (χ4n) is 3.14. The first-order valence-electron chi connectivity index (χ1n) is 11.9. The molecule has 198 valence electrons. The molecule has 0 spiro atoms. The third-order valence-corrected chi connectivity index (χ3v) is 5.64. The second-order valence-electron chi connectivity index (χ2n) is 8.01. The number of carbonyl (C=O) groups is 3. The molecule has 0 aliphatic heterocycles. The van der Waals surface area contributed by atoms with Crippen LogP contribution in [-0.2, 0) is 4.79 Å². The van der Waals surface area contributed by atoms with Crippen LogP contribution in [0.25, 0.3) is 0 Å². The average Bonchev–Trinajstić information content (AvgIpc) is 2.93. The van der Waals surface area contributed by atoms with Gasteiger partial charge in [-0.1, -0.05) is 35.3 Å². The van der Waals surface area contributed by atoms with E-state index in [-0.39, 0.29) is 18.2 Å². The van der Waals surface area contributed by atoms with Crippen molar-refractivity contribution < 1.29 is 28.6 Å². The molecule has 0 heterocycles. The van der Waals surface area contributed by atoms with E-state index in [2.05, 4.69) is 38.7 Å². The Labute approximate surface area is 229 Å². The highest BCUT2D eigenvalue weighted by Gasteiger charge is 2.13. The molecule has 9 nitrogen and oxygen atoms in total. The van der Waals surface area contributed by atoms with Crippen molar-refractivity contribution in [1.82, 2.24) is 10.7 Å². The maximum atomic E-state index is 12.6. The highest BCUT2D eigenvalue weighted by atomic mass is 79.9. The number of carbonyl (C=O) groups excluding carboxylic acids is 3. The van der Waals surface area contributed by atoms with Crippen molar-refractivity contribution in [2.75, 3.05) is 20.3 Å². The number of hydrogen-bond donors (Lipinski definition) is 2. The second-order valence-corrected chi connectivity index (χ2v) is 8.93. The Hall–Kier alpha value is -4.18. The van der Waals surface area contributed by atoms with Crippen LogP contribution in [-0.4, -0.2) is 44.3 Å². The van der Waals surface area contributed by atoms with Gasteiger partial charge >= 0.3 is 5.97 Å². The number of amides is 2. The number of esters is 1. The van der Waals surface area contributed by atoms with Crippen LogP contribution in [0.15, 0.2) is 76.3 Å². The zero-order chi connectivity index (χ0) is 27.3. The van der Waals surface area contributed by atoms with Gasteiger partial charge in [-0.3, -0.25) is 9.59 Å². The molecule has 0 fully saturated rings. The summed E-state index contributed by atoms with van der Waals surface area (Å²) in [6.45, 7) is 2.47. The molecule has 0 atom stereocenters. The molecule has 2 amide bonds. The molecule has 38 heavy (non-hydrogen) atoms. The van der Waals surface area contributed by atoms with Crippen LogP contribution in [0, 0.1) is 0 Å². The summed E-state index contributed by atoms with van der Waals surface area (Å²) in [4.78, 5) is 36.7. The SMILES string of the molecule is CCCCOc1ccc(C(=O)Oc2ccc(/C=N/NC(=O)CNC(=O)c3cccc(Br)c3)cc2OC)cc1. The van der Waals surface area contributed by atoms with E-state index in [0.717, 1.165) is 17.3 Å². The molecule has 10 heteroatoms. The zero-order valence-corrected chi connectivity index (χ0v) is 22.6. The molecule has 0 bridgehead atoms. The first-order chi connectivity index (χ1) is 18.4. The van der Waals surface area contributed by atoms with Crippen molar-refractivity contribution in [2.24, 2.45) is 5.10 Å². The van der Waals surface area contributed by atoms with Crippen molar-refractivity contribution in [1.29, 1.82) is 0 Å². The van der Waals surface area contributed by atoms with Gasteiger partial charge in [0.15, 0.2) is 11.5 Å². The summed E-state index contributed by atoms with van der Waals surface area (Å²) in [6.07, 6.45) is 3.40. The summed E-state index contributed by atoms with van der Waals surface area (Å²) in [5.74, 6) is -0.177. The number of hydrazone groups is 1. The number of nitrogens with zero attached hydrogens (tertiary/aromatic N) is 1. The molecular formula is C28H28BrN3O6. The van der Waals surface area contributed by atoms with Gasteiger partial charge in [-0.2, -0.15) is 5.10 Å². The summed E-state index contributed by atoms with van der Waals surface area (Å²) in [7, 11) is 1.45. The number of ether oxygens (including phenoxy) is 3. The number of halogens is 1. The smallest absolute Gasteiger partial charge is 0.343 e. The minimum absolute atomic E-state index is 0.234. The van der Waals surface area contributed by atoms with Crippen LogP contribution in [0.1, 0.15) is 46.0 Å². The monoisotopic (exact) mass is 581 g/mol.